The van der Waals surface area contributed by atoms with Gasteiger partial charge in [0.05, 0.1) is 18.8 Å². The number of carbonyl (C=O) groups excluding carboxylic acids is 1. The van der Waals surface area contributed by atoms with Crippen LogP contribution in [0.2, 0.25) is 0 Å². The number of carboxylic acids is 1. The zero-order chi connectivity index (χ0) is 23.8. The maximum absolute atomic E-state index is 12.2. The lowest BCUT2D eigenvalue weighted by Crippen LogP contribution is -2.56. The van der Waals surface area contributed by atoms with Gasteiger partial charge in [0.2, 0.25) is 0 Å². The Morgan fingerprint density at radius 2 is 1.85 bits per heavy atom. The largest absolute Gasteiger partial charge is 0.482 e. The number of alkyl carbamates (subject to hydrolysis) is 1. The lowest BCUT2D eigenvalue weighted by atomic mass is 9.82. The Balaban J connectivity index is 1.47. The van der Waals surface area contributed by atoms with Crippen molar-refractivity contribution in [2.24, 2.45) is 0 Å². The number of hydrogen-bond donors (Lipinski definition) is 3. The summed E-state index contributed by atoms with van der Waals surface area (Å²) in [5.41, 5.74) is 0.557. The van der Waals surface area contributed by atoms with Crippen LogP contribution in [0.4, 0.5) is 4.79 Å². The summed E-state index contributed by atoms with van der Waals surface area (Å²) in [6.45, 7) is 6.72. The highest BCUT2D eigenvalue weighted by Gasteiger charge is 2.30. The van der Waals surface area contributed by atoms with Crippen LogP contribution in [0.25, 0.3) is 0 Å². The van der Waals surface area contributed by atoms with Crippen LogP contribution in [0.3, 0.4) is 0 Å². The minimum atomic E-state index is -0.974. The van der Waals surface area contributed by atoms with E-state index >= 15 is 0 Å². The van der Waals surface area contributed by atoms with Crippen LogP contribution in [-0.4, -0.2) is 60.7 Å². The number of hydrogen-bond acceptors (Lipinski definition) is 6. The van der Waals surface area contributed by atoms with Gasteiger partial charge in [-0.3, -0.25) is 0 Å². The molecule has 1 aromatic rings. The van der Waals surface area contributed by atoms with Crippen LogP contribution in [0.15, 0.2) is 24.3 Å². The maximum atomic E-state index is 12.2. The predicted octanol–water partition coefficient (Wildman–Crippen LogP) is 3.84. The SMILES string of the molecule is CC(C)(C)OC(=O)N[C@H]1CCCN[C@H]1CO[C@H]1CC[C@@H](c2ccccc2OCC(=O)O)CC1. The average molecular weight is 463 g/mol. The first-order chi connectivity index (χ1) is 15.7. The molecule has 8 heteroatoms. The Bertz CT molecular complexity index is 785. The quantitative estimate of drug-likeness (QED) is 0.539. The van der Waals surface area contributed by atoms with E-state index in [0.29, 0.717) is 18.3 Å². The summed E-state index contributed by atoms with van der Waals surface area (Å²) in [6.07, 6.45) is 5.52. The van der Waals surface area contributed by atoms with Crippen LogP contribution >= 0.6 is 0 Å². The zero-order valence-corrected chi connectivity index (χ0v) is 20.0. The van der Waals surface area contributed by atoms with Crippen molar-refractivity contribution in [3.8, 4) is 5.75 Å². The van der Waals surface area contributed by atoms with Gasteiger partial charge in [-0.25, -0.2) is 9.59 Å². The summed E-state index contributed by atoms with van der Waals surface area (Å²) in [4.78, 5) is 23.1. The topological polar surface area (TPSA) is 106 Å². The number of nitrogens with one attached hydrogen (secondary N) is 2. The van der Waals surface area contributed by atoms with E-state index < -0.39 is 11.6 Å². The molecule has 0 aromatic heterocycles. The third-order valence-corrected chi connectivity index (χ3v) is 6.18. The van der Waals surface area contributed by atoms with Gasteiger partial charge in [-0.1, -0.05) is 18.2 Å². The lowest BCUT2D eigenvalue weighted by molar-refractivity contribution is -0.139. The van der Waals surface area contributed by atoms with Crippen molar-refractivity contribution < 1.29 is 28.9 Å². The van der Waals surface area contributed by atoms with Gasteiger partial charge in [-0.15, -0.1) is 0 Å². The summed E-state index contributed by atoms with van der Waals surface area (Å²) in [5, 5.41) is 15.4. The van der Waals surface area contributed by atoms with Crippen molar-refractivity contribution in [2.45, 2.75) is 89.0 Å². The second kappa shape index (κ2) is 11.7. The molecule has 1 saturated heterocycles. The Morgan fingerprint density at radius 3 is 2.55 bits per heavy atom. The Labute approximate surface area is 196 Å². The molecule has 2 fully saturated rings. The van der Waals surface area contributed by atoms with Gasteiger partial charge in [0.1, 0.15) is 11.4 Å². The van der Waals surface area contributed by atoms with E-state index in [1.165, 1.54) is 0 Å². The second-order valence-corrected chi connectivity index (χ2v) is 9.98. The van der Waals surface area contributed by atoms with E-state index in [1.54, 1.807) is 0 Å². The average Bonchev–Trinajstić information content (AvgIpc) is 2.76. The Kier molecular flexibility index (Phi) is 8.97. The first kappa shape index (κ1) is 25.3. The molecule has 33 heavy (non-hydrogen) atoms. The number of carbonyl (C=O) groups is 2. The monoisotopic (exact) mass is 462 g/mol. The second-order valence-electron chi connectivity index (χ2n) is 9.98. The van der Waals surface area contributed by atoms with Gasteiger partial charge in [-0.2, -0.15) is 0 Å². The molecule has 3 N–H and O–H groups in total. The minimum absolute atomic E-state index is 0.0109. The molecule has 2 aliphatic rings. The minimum Gasteiger partial charge on any atom is -0.482 e. The summed E-state index contributed by atoms with van der Waals surface area (Å²) in [7, 11) is 0. The summed E-state index contributed by atoms with van der Waals surface area (Å²) >= 11 is 0. The Hall–Kier alpha value is -2.32. The van der Waals surface area contributed by atoms with Gasteiger partial charge in [-0.05, 0) is 83.4 Å². The van der Waals surface area contributed by atoms with Crippen LogP contribution < -0.4 is 15.4 Å². The van der Waals surface area contributed by atoms with Crippen molar-refractivity contribution in [2.75, 3.05) is 19.8 Å². The van der Waals surface area contributed by atoms with Crippen LogP contribution in [0.5, 0.6) is 5.75 Å². The number of ether oxygens (including phenoxy) is 3. The third-order valence-electron chi connectivity index (χ3n) is 6.18. The van der Waals surface area contributed by atoms with E-state index in [4.69, 9.17) is 19.3 Å². The predicted molar refractivity (Wildman–Crippen MR) is 125 cm³/mol. The molecule has 1 aliphatic heterocycles. The van der Waals surface area contributed by atoms with Gasteiger partial charge >= 0.3 is 12.1 Å². The molecule has 8 nitrogen and oxygen atoms in total. The van der Waals surface area contributed by atoms with E-state index in [-0.39, 0.29) is 30.9 Å². The fraction of sp³-hybridized carbons (Fsp3) is 0.680. The van der Waals surface area contributed by atoms with Crippen molar-refractivity contribution in [3.63, 3.8) is 0 Å². The molecule has 3 rings (SSSR count). The van der Waals surface area contributed by atoms with Crippen molar-refractivity contribution in [3.05, 3.63) is 29.8 Å². The molecule has 0 bridgehead atoms. The number of amides is 1. The molecule has 1 aromatic carbocycles. The molecule has 0 spiro atoms. The van der Waals surface area contributed by atoms with Crippen molar-refractivity contribution in [1.82, 2.24) is 10.6 Å². The molecule has 1 aliphatic carbocycles. The molecule has 1 saturated carbocycles. The number of benzene rings is 1. The Morgan fingerprint density at radius 1 is 1.12 bits per heavy atom. The summed E-state index contributed by atoms with van der Waals surface area (Å²) in [6, 6.07) is 7.76. The van der Waals surface area contributed by atoms with Gasteiger partial charge in [0.25, 0.3) is 0 Å². The maximum Gasteiger partial charge on any atom is 0.407 e. The molecule has 0 radical (unpaired) electrons. The molecular formula is C25H38N2O6. The molecule has 1 heterocycles. The number of rotatable bonds is 8. The van der Waals surface area contributed by atoms with Gasteiger partial charge in [0, 0.05) is 6.04 Å². The fourth-order valence-corrected chi connectivity index (χ4v) is 4.63. The van der Waals surface area contributed by atoms with Crippen LogP contribution in [-0.2, 0) is 14.3 Å². The molecular weight excluding hydrogens is 424 g/mol. The van der Waals surface area contributed by atoms with Crippen molar-refractivity contribution in [1.29, 1.82) is 0 Å². The van der Waals surface area contributed by atoms with Crippen molar-refractivity contribution >= 4 is 12.1 Å². The number of para-hydroxylation sites is 1. The van der Waals surface area contributed by atoms with E-state index in [1.807, 2.05) is 45.0 Å². The van der Waals surface area contributed by atoms with Crippen LogP contribution in [0.1, 0.15) is 70.8 Å². The normalized spacial score (nSPS) is 25.8. The zero-order valence-electron chi connectivity index (χ0n) is 20.0. The third kappa shape index (κ3) is 8.19. The first-order valence-corrected chi connectivity index (χ1v) is 12.0. The van der Waals surface area contributed by atoms with E-state index in [2.05, 4.69) is 10.6 Å². The molecule has 184 valence electrons. The smallest absolute Gasteiger partial charge is 0.407 e. The fourth-order valence-electron chi connectivity index (χ4n) is 4.63. The highest BCUT2D eigenvalue weighted by molar-refractivity contribution is 5.68. The molecule has 2 atom stereocenters. The molecule has 0 unspecified atom stereocenters. The number of piperidine rings is 1. The number of carboxylic acid groups (broad SMARTS) is 1. The summed E-state index contributed by atoms with van der Waals surface area (Å²) < 4.78 is 17.2. The van der Waals surface area contributed by atoms with Gasteiger partial charge in [0.15, 0.2) is 6.61 Å². The van der Waals surface area contributed by atoms with Gasteiger partial charge < -0.3 is 30.0 Å². The van der Waals surface area contributed by atoms with E-state index in [9.17, 15) is 9.59 Å². The molecule has 1 amide bonds. The first-order valence-electron chi connectivity index (χ1n) is 12.0. The van der Waals surface area contributed by atoms with E-state index in [0.717, 1.165) is 50.6 Å². The highest BCUT2D eigenvalue weighted by atomic mass is 16.6. The number of aliphatic carboxylic acids is 1. The highest BCUT2D eigenvalue weighted by Crippen LogP contribution is 2.38. The lowest BCUT2D eigenvalue weighted by Gasteiger charge is -2.35. The summed E-state index contributed by atoms with van der Waals surface area (Å²) in [5.74, 6) is 0.0219. The van der Waals surface area contributed by atoms with Crippen LogP contribution in [0, 0.1) is 0 Å². The standard InChI is InChI=1S/C25H38N2O6/c1-25(2,3)33-24(30)27-20-8-6-14-26-21(20)15-31-18-12-10-17(11-13-18)19-7-4-5-9-22(19)32-16-23(28)29/h4-5,7,9,17-18,20-21,26H,6,8,10-16H2,1-3H3,(H,27,30)(H,28,29)/t17-,18+,20-,21-/m0/s1.